The van der Waals surface area contributed by atoms with Gasteiger partial charge in [-0.3, -0.25) is 0 Å². The van der Waals surface area contributed by atoms with Crippen molar-refractivity contribution in [2.45, 2.75) is 4.77 Å². The Morgan fingerprint density at radius 1 is 1.00 bits per heavy atom. The van der Waals surface area contributed by atoms with E-state index in [2.05, 4.69) is 0 Å². The third-order valence-electron chi connectivity index (χ3n) is 1.25. The predicted octanol–water partition coefficient (Wildman–Crippen LogP) is 1.91. The molecule has 0 unspecified atom stereocenters. The zero-order chi connectivity index (χ0) is 8.32. The second-order valence-electron chi connectivity index (χ2n) is 2.28. The van der Waals surface area contributed by atoms with Crippen molar-refractivity contribution in [3.63, 3.8) is 0 Å². The first kappa shape index (κ1) is 8.73. The standard InChI is InChI=1S/C6H5.CF3.Zn/c1-2-4-6-5-3-1;2-1(3)4;/h1-5H;;. The summed E-state index contributed by atoms with van der Waals surface area (Å²) in [5.41, 5.74) is 0. The molecule has 56 valence electrons. The maximum absolute atomic E-state index is 11.8. The molecule has 0 aliphatic heterocycles. The average Bonchev–Trinajstić information content (AvgIpc) is 1.85. The third kappa shape index (κ3) is 3.52. The van der Waals surface area contributed by atoms with Crippen molar-refractivity contribution in [2.75, 3.05) is 0 Å². The number of alkyl halides is 3. The summed E-state index contributed by atoms with van der Waals surface area (Å²) in [7, 11) is 0. The molecule has 0 aliphatic carbocycles. The fraction of sp³-hybridized carbons (Fsp3) is 0.143. The molecular weight excluding hydrogens is 206 g/mol. The first-order valence-corrected chi connectivity index (χ1v) is 6.15. The van der Waals surface area contributed by atoms with Gasteiger partial charge in [-0.15, -0.1) is 0 Å². The van der Waals surface area contributed by atoms with E-state index in [1.807, 2.05) is 0 Å². The quantitative estimate of drug-likeness (QED) is 0.623. The Hall–Kier alpha value is -0.367. The Labute approximate surface area is 70.0 Å². The molecule has 0 aromatic heterocycles. The molecule has 1 aromatic rings. The average molecular weight is 212 g/mol. The number of hydrogen-bond donors (Lipinski definition) is 0. The van der Waals surface area contributed by atoms with E-state index < -0.39 is 21.9 Å². The number of benzene rings is 1. The minimum absolute atomic E-state index is 0.493. The molecule has 0 N–H and O–H groups in total. The first-order valence-electron chi connectivity index (χ1n) is 3.18. The first-order chi connectivity index (χ1) is 5.08. The summed E-state index contributed by atoms with van der Waals surface area (Å²) in [6, 6.07) is 8.11. The van der Waals surface area contributed by atoms with Crippen LogP contribution in [-0.2, 0) is 17.1 Å². The summed E-state index contributed by atoms with van der Waals surface area (Å²) >= 11 is -2.50. The minimum atomic E-state index is -3.91. The van der Waals surface area contributed by atoms with Gasteiger partial charge in [-0.05, 0) is 0 Å². The van der Waals surface area contributed by atoms with E-state index in [-0.39, 0.29) is 0 Å². The normalized spacial score (nSPS) is 10.8. The zero-order valence-corrected chi connectivity index (χ0v) is 8.69. The van der Waals surface area contributed by atoms with Crippen LogP contribution in [0.25, 0.3) is 0 Å². The Morgan fingerprint density at radius 3 is 2.00 bits per heavy atom. The van der Waals surface area contributed by atoms with Crippen LogP contribution in [0.2, 0.25) is 0 Å². The molecule has 0 saturated heterocycles. The molecule has 0 amide bonds. The van der Waals surface area contributed by atoms with E-state index in [1.54, 1.807) is 30.3 Å². The van der Waals surface area contributed by atoms with Gasteiger partial charge in [0.1, 0.15) is 0 Å². The molecule has 0 atom stereocenters. The van der Waals surface area contributed by atoms with E-state index in [0.717, 1.165) is 0 Å². The molecule has 11 heavy (non-hydrogen) atoms. The molecule has 0 heterocycles. The molecule has 0 radical (unpaired) electrons. The predicted molar refractivity (Wildman–Crippen MR) is 32.1 cm³/mol. The number of halogens is 3. The Morgan fingerprint density at radius 2 is 1.55 bits per heavy atom. The molecule has 1 aromatic carbocycles. The van der Waals surface area contributed by atoms with E-state index in [9.17, 15) is 13.2 Å². The molecule has 0 bridgehead atoms. The van der Waals surface area contributed by atoms with E-state index >= 15 is 0 Å². The van der Waals surface area contributed by atoms with Crippen molar-refractivity contribution in [3.05, 3.63) is 30.3 Å². The van der Waals surface area contributed by atoms with Gasteiger partial charge in [0.05, 0.1) is 0 Å². The van der Waals surface area contributed by atoms with Crippen molar-refractivity contribution in [3.8, 4) is 0 Å². The van der Waals surface area contributed by atoms with Crippen molar-refractivity contribution in [2.24, 2.45) is 0 Å². The summed E-state index contributed by atoms with van der Waals surface area (Å²) in [6.07, 6.45) is 0. The van der Waals surface area contributed by atoms with Crippen LogP contribution in [0.4, 0.5) is 13.2 Å². The summed E-state index contributed by atoms with van der Waals surface area (Å²) in [6.45, 7) is 0. The molecule has 0 spiro atoms. The van der Waals surface area contributed by atoms with Crippen LogP contribution in [0.15, 0.2) is 30.3 Å². The molecule has 0 aliphatic rings. The van der Waals surface area contributed by atoms with E-state index in [4.69, 9.17) is 0 Å². The fourth-order valence-electron chi connectivity index (χ4n) is 0.827. The zero-order valence-electron chi connectivity index (χ0n) is 5.73. The van der Waals surface area contributed by atoms with Crippen LogP contribution >= 0.6 is 0 Å². The van der Waals surface area contributed by atoms with E-state index in [1.165, 1.54) is 0 Å². The van der Waals surface area contributed by atoms with Crippen molar-refractivity contribution in [1.82, 2.24) is 0 Å². The molecule has 0 saturated carbocycles. The number of rotatable bonds is 1. The second kappa shape index (κ2) is 3.35. The van der Waals surface area contributed by atoms with Gasteiger partial charge in [-0.2, -0.15) is 0 Å². The SMILES string of the molecule is F[C](F)(F)[Zn][c]1ccccc1. The summed E-state index contributed by atoms with van der Waals surface area (Å²) in [5, 5.41) is 0. The van der Waals surface area contributed by atoms with E-state index in [0.29, 0.717) is 4.16 Å². The van der Waals surface area contributed by atoms with Gasteiger partial charge in [-0.25, -0.2) is 0 Å². The maximum atomic E-state index is 11.8. The molecule has 0 nitrogen and oxygen atoms in total. The molecule has 0 fully saturated rings. The topological polar surface area (TPSA) is 0 Å². The van der Waals surface area contributed by atoms with Crippen LogP contribution in [0, 0.1) is 0 Å². The fourth-order valence-corrected chi connectivity index (χ4v) is 2.86. The Bertz CT molecular complexity index is 217. The molecular formula is C7H5F3Zn. The van der Waals surface area contributed by atoms with Crippen LogP contribution < -0.4 is 4.16 Å². The summed E-state index contributed by atoms with van der Waals surface area (Å²) in [5.74, 6) is 0. The summed E-state index contributed by atoms with van der Waals surface area (Å²) in [4.78, 5) is 0. The van der Waals surface area contributed by atoms with Gasteiger partial charge in [0.25, 0.3) is 0 Å². The van der Waals surface area contributed by atoms with Gasteiger partial charge < -0.3 is 0 Å². The Kier molecular flexibility index (Phi) is 2.66. The van der Waals surface area contributed by atoms with Crippen molar-refractivity contribution in [1.29, 1.82) is 0 Å². The monoisotopic (exact) mass is 210 g/mol. The van der Waals surface area contributed by atoms with Gasteiger partial charge in [0, 0.05) is 0 Å². The van der Waals surface area contributed by atoms with Crippen LogP contribution in [0.5, 0.6) is 0 Å². The third-order valence-corrected chi connectivity index (χ3v) is 3.93. The molecule has 1 rings (SSSR count). The Balaban J connectivity index is 2.66. The van der Waals surface area contributed by atoms with Gasteiger partial charge in [0.2, 0.25) is 0 Å². The number of hydrogen-bond acceptors (Lipinski definition) is 0. The van der Waals surface area contributed by atoms with Crippen LogP contribution in [0.3, 0.4) is 0 Å². The van der Waals surface area contributed by atoms with Gasteiger partial charge in [-0.1, -0.05) is 0 Å². The van der Waals surface area contributed by atoms with Crippen LogP contribution in [0.1, 0.15) is 0 Å². The van der Waals surface area contributed by atoms with Crippen LogP contribution in [-0.4, -0.2) is 4.77 Å². The van der Waals surface area contributed by atoms with Crippen molar-refractivity contribution < 1.29 is 30.3 Å². The molecule has 4 heteroatoms. The van der Waals surface area contributed by atoms with Crippen molar-refractivity contribution >= 4 is 4.16 Å². The summed E-state index contributed by atoms with van der Waals surface area (Å²) < 4.78 is 32.1. The van der Waals surface area contributed by atoms with Gasteiger partial charge >= 0.3 is 69.6 Å². The van der Waals surface area contributed by atoms with Gasteiger partial charge in [0.15, 0.2) is 0 Å². The second-order valence-corrected chi connectivity index (χ2v) is 6.41.